The fourth-order valence-electron chi connectivity index (χ4n) is 9.97. The summed E-state index contributed by atoms with van der Waals surface area (Å²) in [6.07, 6.45) is 3.99. The van der Waals surface area contributed by atoms with Crippen LogP contribution in [0.25, 0.3) is 55.3 Å². The zero-order valence-corrected chi connectivity index (χ0v) is 33.5. The van der Waals surface area contributed by atoms with Gasteiger partial charge in [0.1, 0.15) is 0 Å². The molecule has 8 aromatic carbocycles. The smallest absolute Gasteiger partial charge is 0.0735 e. The van der Waals surface area contributed by atoms with Crippen LogP contribution in [0.2, 0.25) is 0 Å². The normalized spacial score (nSPS) is 16.9. The fraction of sp³-hybridized carbons (Fsp3) is 0.0536. The van der Waals surface area contributed by atoms with Crippen LogP contribution in [0.3, 0.4) is 0 Å². The summed E-state index contributed by atoms with van der Waals surface area (Å²) < 4.78 is 0. The Morgan fingerprint density at radius 1 is 0.483 bits per heavy atom. The third kappa shape index (κ3) is 5.45. The van der Waals surface area contributed by atoms with Crippen molar-refractivity contribution in [3.05, 3.63) is 257 Å². The summed E-state index contributed by atoms with van der Waals surface area (Å²) in [5, 5.41) is 10.7. The second kappa shape index (κ2) is 14.1. The molecule has 284 valence electrons. The predicted molar refractivity (Wildman–Crippen MR) is 247 cm³/mol. The van der Waals surface area contributed by atoms with E-state index in [0.29, 0.717) is 0 Å². The minimum absolute atomic E-state index is 0.0913. The zero-order chi connectivity index (χ0) is 39.6. The highest BCUT2D eigenvalue weighted by molar-refractivity contribution is 7.99. The van der Waals surface area contributed by atoms with Gasteiger partial charge in [-0.15, -0.1) is 5.70 Å². The predicted octanol–water partition coefficient (Wildman–Crippen LogP) is 14.2. The van der Waals surface area contributed by atoms with Gasteiger partial charge in [-0.25, -0.2) is 0 Å². The van der Waals surface area contributed by atoms with Gasteiger partial charge in [-0.2, -0.15) is 0 Å². The van der Waals surface area contributed by atoms with Crippen molar-refractivity contribution in [2.75, 3.05) is 0 Å². The Kier molecular flexibility index (Phi) is 8.22. The number of hydrogen-bond acceptors (Lipinski definition) is 3. The van der Waals surface area contributed by atoms with Crippen molar-refractivity contribution in [1.29, 1.82) is 0 Å². The minimum Gasteiger partial charge on any atom is -0.666 e. The zero-order valence-electron chi connectivity index (χ0n) is 32.7. The second-order valence-electron chi connectivity index (χ2n) is 15.8. The maximum Gasteiger partial charge on any atom is 0.0735 e. The van der Waals surface area contributed by atoms with Crippen LogP contribution in [-0.2, 0) is 5.41 Å². The number of rotatable bonds is 5. The lowest BCUT2D eigenvalue weighted by Gasteiger charge is -2.45. The van der Waals surface area contributed by atoms with Gasteiger partial charge < -0.3 is 10.6 Å². The molecule has 0 amide bonds. The molecule has 12 rings (SSSR count). The van der Waals surface area contributed by atoms with E-state index < -0.39 is 5.41 Å². The van der Waals surface area contributed by atoms with Gasteiger partial charge in [0, 0.05) is 27.4 Å². The van der Waals surface area contributed by atoms with Crippen molar-refractivity contribution in [1.82, 2.24) is 10.3 Å². The molecule has 0 radical (unpaired) electrons. The Morgan fingerprint density at radius 2 is 1.10 bits per heavy atom. The molecule has 1 aliphatic carbocycles. The van der Waals surface area contributed by atoms with Crippen LogP contribution in [-0.4, -0.2) is 4.98 Å². The highest BCUT2D eigenvalue weighted by Gasteiger charge is 2.51. The van der Waals surface area contributed by atoms with Crippen molar-refractivity contribution in [3.8, 4) is 33.4 Å². The lowest BCUT2D eigenvalue weighted by atomic mass is 9.67. The Balaban J connectivity index is 1.14. The molecular formula is C56H38N3S-. The van der Waals surface area contributed by atoms with E-state index in [2.05, 4.69) is 206 Å². The van der Waals surface area contributed by atoms with Crippen molar-refractivity contribution < 1.29 is 0 Å². The molecule has 2 aliphatic heterocycles. The molecule has 3 aliphatic rings. The molecule has 9 aromatic rings. The van der Waals surface area contributed by atoms with E-state index in [1.54, 1.807) is 0 Å². The summed E-state index contributed by atoms with van der Waals surface area (Å²) in [6, 6.07) is 73.0. The fourth-order valence-corrected chi connectivity index (χ4v) is 11.2. The van der Waals surface area contributed by atoms with Crippen molar-refractivity contribution in [2.24, 2.45) is 0 Å². The van der Waals surface area contributed by atoms with E-state index in [4.69, 9.17) is 10.3 Å². The van der Waals surface area contributed by atoms with Gasteiger partial charge in [0.25, 0.3) is 0 Å². The van der Waals surface area contributed by atoms with E-state index in [0.717, 1.165) is 33.3 Å². The molecule has 4 heteroatoms. The van der Waals surface area contributed by atoms with E-state index in [1.807, 2.05) is 24.0 Å². The van der Waals surface area contributed by atoms with E-state index in [1.165, 1.54) is 65.4 Å². The molecule has 3 nitrogen and oxygen atoms in total. The first-order valence-electron chi connectivity index (χ1n) is 20.6. The number of nitrogens with one attached hydrogen (secondary N) is 1. The average molecular weight is 785 g/mol. The van der Waals surface area contributed by atoms with Gasteiger partial charge in [0.05, 0.1) is 10.9 Å². The number of nitrogens with zero attached hydrogens (tertiary/aromatic N) is 2. The Morgan fingerprint density at radius 3 is 1.87 bits per heavy atom. The summed E-state index contributed by atoms with van der Waals surface area (Å²) >= 11 is 1.88. The van der Waals surface area contributed by atoms with E-state index in [9.17, 15) is 0 Å². The highest BCUT2D eigenvalue weighted by Crippen LogP contribution is 2.64. The number of benzene rings is 8. The first-order valence-corrected chi connectivity index (χ1v) is 21.4. The van der Waals surface area contributed by atoms with Gasteiger partial charge >= 0.3 is 0 Å². The van der Waals surface area contributed by atoms with Crippen molar-refractivity contribution >= 4 is 28.4 Å². The van der Waals surface area contributed by atoms with Gasteiger partial charge in [-0.1, -0.05) is 188 Å². The van der Waals surface area contributed by atoms with Crippen LogP contribution in [0.15, 0.2) is 222 Å². The molecule has 0 saturated heterocycles. The number of pyridine rings is 1. The van der Waals surface area contributed by atoms with Crippen LogP contribution in [0.5, 0.6) is 0 Å². The number of hydrogen-bond donors (Lipinski definition) is 1. The summed E-state index contributed by atoms with van der Waals surface area (Å²) in [5.41, 5.74) is 17.3. The molecule has 1 aromatic heterocycles. The van der Waals surface area contributed by atoms with E-state index in [-0.39, 0.29) is 12.2 Å². The number of aromatic nitrogens is 1. The van der Waals surface area contributed by atoms with Crippen LogP contribution in [0.4, 0.5) is 0 Å². The maximum absolute atomic E-state index is 5.63. The Labute approximate surface area is 354 Å². The minimum atomic E-state index is -0.542. The third-order valence-electron chi connectivity index (χ3n) is 12.6. The van der Waals surface area contributed by atoms with Crippen LogP contribution in [0.1, 0.15) is 51.2 Å². The first kappa shape index (κ1) is 35.0. The van der Waals surface area contributed by atoms with E-state index >= 15 is 0 Å². The molecule has 1 spiro atoms. The summed E-state index contributed by atoms with van der Waals surface area (Å²) in [4.78, 5) is 7.38. The summed E-state index contributed by atoms with van der Waals surface area (Å²) in [5.74, 6) is 0. The molecule has 2 unspecified atom stereocenters. The lowest BCUT2D eigenvalue weighted by molar-refractivity contribution is 0.541. The Hall–Kier alpha value is -6.98. The van der Waals surface area contributed by atoms with Crippen LogP contribution in [0, 0.1) is 0 Å². The molecule has 60 heavy (non-hydrogen) atoms. The van der Waals surface area contributed by atoms with Crippen molar-refractivity contribution in [2.45, 2.75) is 27.4 Å². The summed E-state index contributed by atoms with van der Waals surface area (Å²) in [6.45, 7) is 0. The van der Waals surface area contributed by atoms with Gasteiger partial charge in [-0.05, 0) is 109 Å². The molecule has 3 heterocycles. The molecule has 0 bridgehead atoms. The molecule has 1 N–H and O–H groups in total. The largest absolute Gasteiger partial charge is 0.666 e. The highest BCUT2D eigenvalue weighted by atomic mass is 32.2. The third-order valence-corrected chi connectivity index (χ3v) is 13.7. The summed E-state index contributed by atoms with van der Waals surface area (Å²) in [7, 11) is 0. The lowest BCUT2D eigenvalue weighted by Crippen LogP contribution is -2.32. The van der Waals surface area contributed by atoms with Gasteiger partial charge in [0.15, 0.2) is 0 Å². The average Bonchev–Trinajstić information content (AvgIpc) is 3.63. The maximum atomic E-state index is 5.63. The van der Waals surface area contributed by atoms with Crippen LogP contribution >= 0.6 is 11.8 Å². The van der Waals surface area contributed by atoms with Gasteiger partial charge in [0.2, 0.25) is 0 Å². The quantitative estimate of drug-likeness (QED) is 0.189. The monoisotopic (exact) mass is 784 g/mol. The second-order valence-corrected chi connectivity index (χ2v) is 16.9. The molecule has 0 fully saturated rings. The van der Waals surface area contributed by atoms with Crippen LogP contribution < -0.4 is 5.32 Å². The Bertz CT molecular complexity index is 3110. The topological polar surface area (TPSA) is 39.0 Å². The SMILES string of the molecule is C1=C(c2cccc3c2-c2c(-c4ccc5cccnc5c4)cccc2C32c3ccccc3Sc3ccccc32)[N-]C(c2ccccc2)NC1c1cccc(-c2ccccc2)c1. The molecule has 2 atom stereocenters. The van der Waals surface area contributed by atoms with Gasteiger partial charge in [-0.3, -0.25) is 4.98 Å². The first-order chi connectivity index (χ1) is 29.7. The molecular weight excluding hydrogens is 747 g/mol. The standard InChI is InChI=1S/C56H38N3S/c1-3-15-36(16-4-1)39-19-11-20-41(33-39)49-35-50(59-55(58-49)38-17-5-2-6-18-38)43-23-13-27-47-54(43)53-42(40-31-30-37-21-14-32-57-48(37)34-40)22-12-26-46(53)56(47)44-24-7-9-28-51(44)60-52-29-10-8-25-45(52)56/h1-35,49,55,58H/q-1. The molecule has 0 saturated carbocycles. The van der Waals surface area contributed by atoms with Crippen molar-refractivity contribution in [3.63, 3.8) is 0 Å². The number of fused-ring (bicyclic) bond motifs is 10.